The van der Waals surface area contributed by atoms with Crippen LogP contribution in [-0.4, -0.2) is 33.4 Å². The number of rotatable bonds is 2. The number of ether oxygens (including phenoxy) is 1. The number of aromatic nitrogens is 4. The number of hydrogen-bond donors (Lipinski definition) is 0. The van der Waals surface area contributed by atoms with E-state index in [4.69, 9.17) is 4.74 Å². The highest BCUT2D eigenvalue weighted by Gasteiger charge is 2.09. The number of aldehydes is 1. The van der Waals surface area contributed by atoms with Gasteiger partial charge in [0, 0.05) is 11.5 Å². The number of methoxy groups -OCH3 is 1. The van der Waals surface area contributed by atoms with Crippen LogP contribution in [0.2, 0.25) is 0 Å². The molecule has 2 heterocycles. The van der Waals surface area contributed by atoms with Crippen molar-refractivity contribution in [1.82, 2.24) is 20.0 Å². The smallest absolute Gasteiger partial charge is 0.190 e. The predicted molar refractivity (Wildman–Crippen MR) is 60.2 cm³/mol. The second kappa shape index (κ2) is 3.51. The molecule has 0 unspecified atom stereocenters. The van der Waals surface area contributed by atoms with Gasteiger partial charge < -0.3 is 4.74 Å². The van der Waals surface area contributed by atoms with E-state index in [9.17, 15) is 4.79 Å². The first-order valence-corrected chi connectivity index (χ1v) is 4.97. The molecule has 0 aliphatic heterocycles. The van der Waals surface area contributed by atoms with Gasteiger partial charge in [0.15, 0.2) is 11.9 Å². The van der Waals surface area contributed by atoms with E-state index < -0.39 is 0 Å². The number of carbonyl (C=O) groups excluding carboxylic acids is 1. The van der Waals surface area contributed by atoms with E-state index in [1.54, 1.807) is 13.2 Å². The van der Waals surface area contributed by atoms with Gasteiger partial charge in [-0.25, -0.2) is 0 Å². The van der Waals surface area contributed by atoms with Crippen LogP contribution in [0.15, 0.2) is 24.3 Å². The molecule has 6 heteroatoms. The van der Waals surface area contributed by atoms with Gasteiger partial charge in [-0.1, -0.05) is 0 Å². The van der Waals surface area contributed by atoms with Crippen LogP contribution in [0.1, 0.15) is 10.4 Å². The summed E-state index contributed by atoms with van der Waals surface area (Å²) in [5, 5.41) is 12.2. The molecule has 0 spiro atoms. The molecular weight excluding hydrogens is 220 g/mol. The van der Waals surface area contributed by atoms with Crippen molar-refractivity contribution in [3.63, 3.8) is 0 Å². The van der Waals surface area contributed by atoms with Gasteiger partial charge in [-0.2, -0.15) is 4.52 Å². The van der Waals surface area contributed by atoms with Crippen molar-refractivity contribution in [3.05, 3.63) is 29.8 Å². The maximum absolute atomic E-state index is 11.0. The number of tetrazole rings is 1. The SMILES string of the molecule is COc1ccc2cc(C=O)c3nnnn3c2c1. The maximum atomic E-state index is 11.0. The van der Waals surface area contributed by atoms with Crippen LogP contribution in [-0.2, 0) is 0 Å². The number of benzene rings is 1. The molecule has 0 saturated carbocycles. The van der Waals surface area contributed by atoms with Crippen LogP contribution in [0.25, 0.3) is 16.6 Å². The van der Waals surface area contributed by atoms with Crippen molar-refractivity contribution in [3.8, 4) is 5.75 Å². The first-order valence-electron chi connectivity index (χ1n) is 4.97. The molecule has 3 aromatic rings. The first-order chi connectivity index (χ1) is 8.33. The Morgan fingerprint density at radius 2 is 2.24 bits per heavy atom. The summed E-state index contributed by atoms with van der Waals surface area (Å²) in [7, 11) is 1.59. The number of pyridine rings is 1. The van der Waals surface area contributed by atoms with E-state index in [2.05, 4.69) is 15.5 Å². The second-order valence-electron chi connectivity index (χ2n) is 3.56. The van der Waals surface area contributed by atoms with Gasteiger partial charge in [0.1, 0.15) is 5.75 Å². The molecule has 3 rings (SSSR count). The van der Waals surface area contributed by atoms with E-state index in [-0.39, 0.29) is 0 Å². The van der Waals surface area contributed by atoms with Gasteiger partial charge in [0.25, 0.3) is 0 Å². The number of hydrogen-bond acceptors (Lipinski definition) is 5. The Labute approximate surface area is 95.8 Å². The zero-order valence-corrected chi connectivity index (χ0v) is 8.99. The Kier molecular flexibility index (Phi) is 2.01. The van der Waals surface area contributed by atoms with Crippen molar-refractivity contribution in [1.29, 1.82) is 0 Å². The molecule has 0 amide bonds. The number of nitrogens with zero attached hydrogens (tertiary/aromatic N) is 4. The highest BCUT2D eigenvalue weighted by Crippen LogP contribution is 2.22. The quantitative estimate of drug-likeness (QED) is 0.614. The first kappa shape index (κ1) is 9.71. The van der Waals surface area contributed by atoms with E-state index in [0.29, 0.717) is 17.0 Å². The van der Waals surface area contributed by atoms with Crippen molar-refractivity contribution in [2.75, 3.05) is 7.11 Å². The van der Waals surface area contributed by atoms with Crippen LogP contribution in [0.4, 0.5) is 0 Å². The molecule has 6 nitrogen and oxygen atoms in total. The molecule has 84 valence electrons. The molecule has 0 radical (unpaired) electrons. The lowest BCUT2D eigenvalue weighted by molar-refractivity contribution is 0.112. The van der Waals surface area contributed by atoms with Gasteiger partial charge in [0.2, 0.25) is 0 Å². The average molecular weight is 228 g/mol. The van der Waals surface area contributed by atoms with E-state index in [1.807, 2.05) is 18.2 Å². The fourth-order valence-corrected chi connectivity index (χ4v) is 1.80. The summed E-state index contributed by atoms with van der Waals surface area (Å²) >= 11 is 0. The summed E-state index contributed by atoms with van der Waals surface area (Å²) in [5.41, 5.74) is 1.71. The molecule has 0 atom stereocenters. The lowest BCUT2D eigenvalue weighted by Gasteiger charge is -2.04. The molecule has 2 aromatic heterocycles. The lowest BCUT2D eigenvalue weighted by Crippen LogP contribution is -1.96. The largest absolute Gasteiger partial charge is 0.497 e. The van der Waals surface area contributed by atoms with E-state index in [0.717, 1.165) is 17.2 Å². The van der Waals surface area contributed by atoms with Crippen molar-refractivity contribution < 1.29 is 9.53 Å². The van der Waals surface area contributed by atoms with Gasteiger partial charge >= 0.3 is 0 Å². The van der Waals surface area contributed by atoms with E-state index >= 15 is 0 Å². The molecular formula is C11H8N4O2. The molecule has 17 heavy (non-hydrogen) atoms. The Balaban J connectivity index is 2.49. The summed E-state index contributed by atoms with van der Waals surface area (Å²) in [6.07, 6.45) is 0.745. The number of fused-ring (bicyclic) bond motifs is 3. The molecule has 0 bridgehead atoms. The fraction of sp³-hybridized carbons (Fsp3) is 0.0909. The molecule has 0 fully saturated rings. The summed E-state index contributed by atoms with van der Waals surface area (Å²) in [6.45, 7) is 0. The molecule has 0 N–H and O–H groups in total. The highest BCUT2D eigenvalue weighted by molar-refractivity contribution is 5.93. The lowest BCUT2D eigenvalue weighted by atomic mass is 10.1. The van der Waals surface area contributed by atoms with Gasteiger partial charge in [-0.05, 0) is 28.6 Å². The van der Waals surface area contributed by atoms with Crippen LogP contribution in [0.3, 0.4) is 0 Å². The molecule has 0 aliphatic carbocycles. The fourth-order valence-electron chi connectivity index (χ4n) is 1.80. The minimum absolute atomic E-state index is 0.445. The van der Waals surface area contributed by atoms with Crippen molar-refractivity contribution in [2.45, 2.75) is 0 Å². The second-order valence-corrected chi connectivity index (χ2v) is 3.56. The summed E-state index contributed by atoms with van der Waals surface area (Å²) in [5.74, 6) is 0.716. The van der Waals surface area contributed by atoms with Gasteiger partial charge in [-0.15, -0.1) is 5.10 Å². The standard InChI is InChI=1S/C11H8N4O2/c1-17-9-3-2-7-4-8(6-16)11-12-13-14-15(11)10(7)5-9/h2-6H,1H3. The zero-order chi connectivity index (χ0) is 11.8. The Hall–Kier alpha value is -2.50. The average Bonchev–Trinajstić information content (AvgIpc) is 2.86. The third-order valence-electron chi connectivity index (χ3n) is 2.63. The Morgan fingerprint density at radius 3 is 3.00 bits per heavy atom. The highest BCUT2D eigenvalue weighted by atomic mass is 16.5. The zero-order valence-electron chi connectivity index (χ0n) is 8.99. The van der Waals surface area contributed by atoms with Crippen LogP contribution in [0, 0.1) is 0 Å². The molecule has 0 aliphatic rings. The third kappa shape index (κ3) is 1.34. The maximum Gasteiger partial charge on any atom is 0.190 e. The molecule has 0 saturated heterocycles. The van der Waals surface area contributed by atoms with Gasteiger partial charge in [0.05, 0.1) is 18.2 Å². The Morgan fingerprint density at radius 1 is 1.35 bits per heavy atom. The van der Waals surface area contributed by atoms with Crippen LogP contribution >= 0.6 is 0 Å². The minimum atomic E-state index is 0.445. The number of carbonyl (C=O) groups is 1. The molecule has 1 aromatic carbocycles. The van der Waals surface area contributed by atoms with E-state index in [1.165, 1.54) is 4.52 Å². The summed E-state index contributed by atoms with van der Waals surface area (Å²) < 4.78 is 6.68. The van der Waals surface area contributed by atoms with Crippen LogP contribution < -0.4 is 4.74 Å². The Bertz CT molecular complexity index is 720. The summed E-state index contributed by atoms with van der Waals surface area (Å²) in [6, 6.07) is 7.27. The third-order valence-corrected chi connectivity index (χ3v) is 2.63. The monoisotopic (exact) mass is 228 g/mol. The van der Waals surface area contributed by atoms with Crippen molar-refractivity contribution >= 4 is 22.8 Å². The summed E-state index contributed by atoms with van der Waals surface area (Å²) in [4.78, 5) is 11.0. The van der Waals surface area contributed by atoms with Gasteiger partial charge in [-0.3, -0.25) is 4.79 Å². The van der Waals surface area contributed by atoms with Crippen LogP contribution in [0.5, 0.6) is 5.75 Å². The minimum Gasteiger partial charge on any atom is -0.497 e. The van der Waals surface area contributed by atoms with Crippen molar-refractivity contribution in [2.24, 2.45) is 0 Å². The normalized spacial score (nSPS) is 10.9. The predicted octanol–water partition coefficient (Wildman–Crippen LogP) is 1.10. The topological polar surface area (TPSA) is 69.4 Å².